The standard InChI is InChI=1S/2C16H30O7S.2Na/c2*1-13(2)10-8-6-4-3-5-7-9-11-23-16(19)14(12-15(17)18)24(20,21)22;;/h2*13-14H,3-12H2,1-2H3,(H,17,18)(H,20,21,22);;/q;;2*+1/p-2. The third kappa shape index (κ3) is 36.1. The molecule has 14 nitrogen and oxygen atoms in total. The van der Waals surface area contributed by atoms with Crippen molar-refractivity contribution >= 4 is 44.1 Å². The number of carbonyl (C=O) groups is 4. The van der Waals surface area contributed by atoms with Crippen molar-refractivity contribution in [3.05, 3.63) is 0 Å². The summed E-state index contributed by atoms with van der Waals surface area (Å²) >= 11 is 0. The summed E-state index contributed by atoms with van der Waals surface area (Å²) < 4.78 is 71.1. The van der Waals surface area contributed by atoms with Crippen molar-refractivity contribution in [2.75, 3.05) is 13.2 Å². The largest absolute Gasteiger partial charge is 1.00 e. The molecule has 18 heteroatoms. The van der Waals surface area contributed by atoms with Crippen LogP contribution in [0, 0.1) is 11.8 Å². The van der Waals surface area contributed by atoms with E-state index in [9.17, 15) is 46.2 Å². The average molecular weight is 777 g/mol. The number of ether oxygens (including phenoxy) is 2. The first-order valence-electron chi connectivity index (χ1n) is 16.9. The number of hydrogen-bond donors (Lipinski definition) is 2. The molecule has 0 saturated carbocycles. The molecule has 0 aromatic carbocycles. The van der Waals surface area contributed by atoms with E-state index in [0.29, 0.717) is 12.8 Å². The quantitative estimate of drug-likeness (QED) is 0.0359. The normalized spacial score (nSPS) is 12.5. The smallest absolute Gasteiger partial charge is 0.550 e. The molecule has 0 spiro atoms. The minimum absolute atomic E-state index is 0. The molecule has 0 radical (unpaired) electrons. The van der Waals surface area contributed by atoms with Gasteiger partial charge in [-0.3, -0.25) is 18.7 Å². The van der Waals surface area contributed by atoms with Crippen molar-refractivity contribution in [1.29, 1.82) is 0 Å². The van der Waals surface area contributed by atoms with E-state index in [1.807, 2.05) is 0 Å². The van der Waals surface area contributed by atoms with Crippen LogP contribution in [-0.4, -0.2) is 73.5 Å². The van der Waals surface area contributed by atoms with Crippen molar-refractivity contribution in [3.8, 4) is 0 Å². The van der Waals surface area contributed by atoms with E-state index in [4.69, 9.17) is 18.6 Å². The molecule has 0 aromatic rings. The topological polar surface area (TPSA) is 242 Å². The Labute approximate surface area is 344 Å². The molecular weight excluding hydrogens is 718 g/mol. The van der Waals surface area contributed by atoms with Crippen molar-refractivity contribution in [2.45, 2.75) is 154 Å². The number of aliphatic carboxylic acids is 2. The summed E-state index contributed by atoms with van der Waals surface area (Å²) in [5.41, 5.74) is 0. The molecule has 0 fully saturated rings. The van der Waals surface area contributed by atoms with Crippen LogP contribution in [0.2, 0.25) is 0 Å². The van der Waals surface area contributed by atoms with Crippen molar-refractivity contribution < 1.29 is 124 Å². The number of carbonyl (C=O) groups excluding carboxylic acids is 4. The zero-order chi connectivity index (χ0) is 37.2. The molecule has 0 aromatic heterocycles. The van der Waals surface area contributed by atoms with Crippen molar-refractivity contribution in [1.82, 2.24) is 0 Å². The molecule has 0 heterocycles. The van der Waals surface area contributed by atoms with Gasteiger partial charge in [-0.1, -0.05) is 118 Å². The van der Waals surface area contributed by atoms with Crippen molar-refractivity contribution in [2.24, 2.45) is 11.8 Å². The number of unbranched alkanes of at least 4 members (excludes halogenated alkanes) is 12. The second-order valence-electron chi connectivity index (χ2n) is 12.8. The fraction of sp³-hybridized carbons (Fsp3) is 0.875. The summed E-state index contributed by atoms with van der Waals surface area (Å²) in [4.78, 5) is 43.9. The minimum atomic E-state index is -4.82. The number of hydrogen-bond acceptors (Lipinski definition) is 12. The van der Waals surface area contributed by atoms with E-state index in [1.54, 1.807) is 0 Å². The SMILES string of the molecule is CC(C)CCCCCCCCCOC(=O)C(CC(=O)[O-])S(=O)(=O)O.CC(C)CCCCCCCCCOC(=O)C(CC(=O)[O-])S(=O)(=O)O.[Na+].[Na+]. The van der Waals surface area contributed by atoms with Gasteiger partial charge in [-0.25, -0.2) is 0 Å². The Morgan fingerprint density at radius 1 is 0.500 bits per heavy atom. The predicted octanol–water partition coefficient (Wildman–Crippen LogP) is -2.59. The van der Waals surface area contributed by atoms with Gasteiger partial charge in [-0.05, 0) is 24.7 Å². The zero-order valence-corrected chi connectivity index (χ0v) is 36.7. The van der Waals surface area contributed by atoms with E-state index >= 15 is 0 Å². The molecule has 2 N–H and O–H groups in total. The first kappa shape index (κ1) is 56.4. The second-order valence-corrected chi connectivity index (χ2v) is 16.0. The molecule has 50 heavy (non-hydrogen) atoms. The molecule has 0 aliphatic carbocycles. The zero-order valence-electron chi connectivity index (χ0n) is 31.1. The molecule has 284 valence electrons. The summed E-state index contributed by atoms with van der Waals surface area (Å²) in [5, 5.41) is 16.6. The van der Waals surface area contributed by atoms with Gasteiger partial charge < -0.3 is 29.3 Å². The van der Waals surface area contributed by atoms with Gasteiger partial charge in [-0.15, -0.1) is 0 Å². The van der Waals surface area contributed by atoms with Gasteiger partial charge in [0, 0.05) is 24.8 Å². The summed E-state index contributed by atoms with van der Waals surface area (Å²) in [6.45, 7) is 8.85. The maximum Gasteiger partial charge on any atom is 1.00 e. The summed E-state index contributed by atoms with van der Waals surface area (Å²) in [5.74, 6) is -4.52. The number of esters is 2. The van der Waals surface area contributed by atoms with Gasteiger partial charge in [-0.2, -0.15) is 16.8 Å². The van der Waals surface area contributed by atoms with E-state index in [0.717, 1.165) is 50.4 Å². The van der Waals surface area contributed by atoms with Crippen LogP contribution in [0.1, 0.15) is 143 Å². The minimum Gasteiger partial charge on any atom is -0.550 e. The summed E-state index contributed by atoms with van der Waals surface area (Å²) in [6.07, 6.45) is 14.5. The molecule has 0 bridgehead atoms. The molecule has 2 unspecified atom stereocenters. The number of carboxylic acid groups (broad SMARTS) is 2. The molecule has 0 aliphatic rings. The van der Waals surface area contributed by atoms with Crippen LogP contribution < -0.4 is 69.3 Å². The van der Waals surface area contributed by atoms with Gasteiger partial charge >= 0.3 is 71.1 Å². The van der Waals surface area contributed by atoms with E-state index < -0.39 is 67.5 Å². The summed E-state index contributed by atoms with van der Waals surface area (Å²) in [7, 11) is -9.64. The van der Waals surface area contributed by atoms with Gasteiger partial charge in [0.25, 0.3) is 20.2 Å². The molecule has 0 aliphatic heterocycles. The first-order valence-corrected chi connectivity index (χ1v) is 19.9. The van der Waals surface area contributed by atoms with E-state index in [-0.39, 0.29) is 72.3 Å². The Kier molecular flexibility index (Phi) is 37.6. The molecule has 0 saturated heterocycles. The predicted molar refractivity (Wildman–Crippen MR) is 175 cm³/mol. The van der Waals surface area contributed by atoms with E-state index in [2.05, 4.69) is 27.7 Å². The number of rotatable bonds is 28. The Hall–Kier alpha value is -0.300. The third-order valence-corrected chi connectivity index (χ3v) is 9.45. The second kappa shape index (κ2) is 33.3. The molecule has 0 amide bonds. The van der Waals surface area contributed by atoms with Crippen LogP contribution in [-0.2, 0) is 48.9 Å². The van der Waals surface area contributed by atoms with Crippen LogP contribution in [0.4, 0.5) is 0 Å². The summed E-state index contributed by atoms with van der Waals surface area (Å²) in [6, 6.07) is 0. The van der Waals surface area contributed by atoms with E-state index in [1.165, 1.54) is 51.4 Å². The van der Waals surface area contributed by atoms with Gasteiger partial charge in [0.15, 0.2) is 10.5 Å². The van der Waals surface area contributed by atoms with Gasteiger partial charge in [0.2, 0.25) is 0 Å². The third-order valence-electron chi connectivity index (χ3n) is 7.29. The first-order chi connectivity index (χ1) is 22.3. The van der Waals surface area contributed by atoms with Gasteiger partial charge in [0.1, 0.15) is 0 Å². The van der Waals surface area contributed by atoms with Gasteiger partial charge in [0.05, 0.1) is 13.2 Å². The van der Waals surface area contributed by atoms with Crippen molar-refractivity contribution in [3.63, 3.8) is 0 Å². The molecule has 0 rings (SSSR count). The maximum absolute atomic E-state index is 11.5. The molecular formula is C32H58Na2O14S2. The maximum atomic E-state index is 11.5. The number of carboxylic acids is 2. The molecule has 2 atom stereocenters. The average Bonchev–Trinajstić information content (AvgIpc) is 2.95. The Morgan fingerprint density at radius 2 is 0.740 bits per heavy atom. The Bertz CT molecular complexity index is 1040. The van der Waals surface area contributed by atoms with Crippen LogP contribution in [0.3, 0.4) is 0 Å². The Morgan fingerprint density at radius 3 is 0.960 bits per heavy atom. The monoisotopic (exact) mass is 776 g/mol. The Balaban J connectivity index is -0.000000407. The van der Waals surface area contributed by atoms with Crippen LogP contribution in [0.5, 0.6) is 0 Å². The van der Waals surface area contributed by atoms with Crippen LogP contribution >= 0.6 is 0 Å². The van der Waals surface area contributed by atoms with Crippen LogP contribution in [0.15, 0.2) is 0 Å². The fourth-order valence-electron chi connectivity index (χ4n) is 4.53. The van der Waals surface area contributed by atoms with Crippen LogP contribution in [0.25, 0.3) is 0 Å². The fourth-order valence-corrected chi connectivity index (χ4v) is 5.85.